The van der Waals surface area contributed by atoms with Gasteiger partial charge in [-0.3, -0.25) is 9.59 Å². The molecule has 0 aromatic carbocycles. The molecule has 1 N–H and O–H groups in total. The predicted octanol–water partition coefficient (Wildman–Crippen LogP) is 1.32. The number of hydrogen-bond donors (Lipinski definition) is 1. The standard InChI is InChI=1S/C15H26N2O3/c18-14(5-1-9-17-10-2-6-15(17)19)16-8-7-13-4-3-11-20-12-13/h13H,1-12H2,(H,16,18)/t13-/m1/s1. The molecule has 5 heteroatoms. The van der Waals surface area contributed by atoms with Crippen molar-refractivity contribution in [1.29, 1.82) is 0 Å². The highest BCUT2D eigenvalue weighted by Crippen LogP contribution is 2.16. The zero-order valence-electron chi connectivity index (χ0n) is 12.2. The molecule has 5 nitrogen and oxygen atoms in total. The van der Waals surface area contributed by atoms with Crippen LogP contribution >= 0.6 is 0 Å². The van der Waals surface area contributed by atoms with Gasteiger partial charge in [-0.05, 0) is 38.0 Å². The van der Waals surface area contributed by atoms with E-state index in [1.54, 1.807) is 0 Å². The van der Waals surface area contributed by atoms with E-state index in [0.29, 0.717) is 18.8 Å². The fourth-order valence-corrected chi connectivity index (χ4v) is 2.91. The van der Waals surface area contributed by atoms with Crippen molar-refractivity contribution in [2.24, 2.45) is 5.92 Å². The van der Waals surface area contributed by atoms with E-state index in [1.165, 1.54) is 6.42 Å². The number of carbonyl (C=O) groups excluding carboxylic acids is 2. The van der Waals surface area contributed by atoms with E-state index in [-0.39, 0.29) is 11.8 Å². The van der Waals surface area contributed by atoms with Gasteiger partial charge >= 0.3 is 0 Å². The average Bonchev–Trinajstić information content (AvgIpc) is 2.86. The Kier molecular flexibility index (Phi) is 6.30. The Morgan fingerprint density at radius 1 is 1.40 bits per heavy atom. The first-order chi connectivity index (χ1) is 9.75. The predicted molar refractivity (Wildman–Crippen MR) is 76.2 cm³/mol. The second-order valence-electron chi connectivity index (χ2n) is 5.81. The molecule has 0 aromatic heterocycles. The smallest absolute Gasteiger partial charge is 0.222 e. The van der Waals surface area contributed by atoms with Crippen molar-refractivity contribution in [2.45, 2.75) is 44.9 Å². The van der Waals surface area contributed by atoms with Gasteiger partial charge in [0.15, 0.2) is 0 Å². The normalized spacial score (nSPS) is 23.1. The van der Waals surface area contributed by atoms with E-state index in [0.717, 1.165) is 58.5 Å². The molecule has 0 aromatic rings. The minimum absolute atomic E-state index is 0.105. The Balaban J connectivity index is 1.48. The number of nitrogens with zero attached hydrogens (tertiary/aromatic N) is 1. The van der Waals surface area contributed by atoms with Crippen molar-refractivity contribution in [1.82, 2.24) is 10.2 Å². The molecule has 0 radical (unpaired) electrons. The molecule has 2 aliphatic rings. The van der Waals surface area contributed by atoms with Gasteiger partial charge in [0.2, 0.25) is 11.8 Å². The molecular formula is C15H26N2O3. The lowest BCUT2D eigenvalue weighted by molar-refractivity contribution is -0.128. The highest BCUT2D eigenvalue weighted by molar-refractivity contribution is 5.78. The maximum Gasteiger partial charge on any atom is 0.222 e. The Morgan fingerprint density at radius 3 is 3.00 bits per heavy atom. The SMILES string of the molecule is O=C(CCCN1CCCC1=O)NCC[C@H]1CCCOC1. The van der Waals surface area contributed by atoms with E-state index in [9.17, 15) is 9.59 Å². The minimum atomic E-state index is 0.105. The van der Waals surface area contributed by atoms with Gasteiger partial charge in [-0.25, -0.2) is 0 Å². The maximum absolute atomic E-state index is 11.7. The Morgan fingerprint density at radius 2 is 2.30 bits per heavy atom. The summed E-state index contributed by atoms with van der Waals surface area (Å²) < 4.78 is 5.42. The monoisotopic (exact) mass is 282 g/mol. The molecule has 0 saturated carbocycles. The third kappa shape index (κ3) is 5.12. The van der Waals surface area contributed by atoms with Crippen molar-refractivity contribution < 1.29 is 14.3 Å². The van der Waals surface area contributed by atoms with Crippen molar-refractivity contribution >= 4 is 11.8 Å². The van der Waals surface area contributed by atoms with Crippen LogP contribution in [0, 0.1) is 5.92 Å². The van der Waals surface area contributed by atoms with Crippen LogP contribution in [0.2, 0.25) is 0 Å². The number of rotatable bonds is 7. The number of nitrogens with one attached hydrogen (secondary N) is 1. The third-order valence-corrected chi connectivity index (χ3v) is 4.13. The topological polar surface area (TPSA) is 58.6 Å². The van der Waals surface area contributed by atoms with E-state index in [1.807, 2.05) is 4.90 Å². The molecule has 114 valence electrons. The highest BCUT2D eigenvalue weighted by atomic mass is 16.5. The van der Waals surface area contributed by atoms with E-state index in [2.05, 4.69) is 5.32 Å². The summed E-state index contributed by atoms with van der Waals surface area (Å²) >= 11 is 0. The number of ether oxygens (including phenoxy) is 1. The first-order valence-electron chi connectivity index (χ1n) is 7.88. The van der Waals surface area contributed by atoms with Crippen molar-refractivity contribution in [3.63, 3.8) is 0 Å². The van der Waals surface area contributed by atoms with Crippen LogP contribution in [0.3, 0.4) is 0 Å². The summed E-state index contributed by atoms with van der Waals surface area (Å²) in [6.07, 6.45) is 6.30. The van der Waals surface area contributed by atoms with Crippen LogP contribution in [0.1, 0.15) is 44.9 Å². The van der Waals surface area contributed by atoms with Crippen LogP contribution in [0.25, 0.3) is 0 Å². The molecule has 2 rings (SSSR count). The molecule has 2 saturated heterocycles. The quantitative estimate of drug-likeness (QED) is 0.766. The maximum atomic E-state index is 11.7. The second kappa shape index (κ2) is 8.25. The van der Waals surface area contributed by atoms with Crippen LogP contribution in [0.4, 0.5) is 0 Å². The fourth-order valence-electron chi connectivity index (χ4n) is 2.91. The molecular weight excluding hydrogens is 256 g/mol. The Labute approximate surface area is 121 Å². The van der Waals surface area contributed by atoms with Crippen LogP contribution < -0.4 is 5.32 Å². The molecule has 0 bridgehead atoms. The molecule has 0 aliphatic carbocycles. The zero-order chi connectivity index (χ0) is 14.2. The largest absolute Gasteiger partial charge is 0.381 e. The highest BCUT2D eigenvalue weighted by Gasteiger charge is 2.19. The lowest BCUT2D eigenvalue weighted by Crippen LogP contribution is -2.30. The van der Waals surface area contributed by atoms with Gasteiger partial charge in [0.25, 0.3) is 0 Å². The third-order valence-electron chi connectivity index (χ3n) is 4.13. The molecule has 2 heterocycles. The molecule has 2 amide bonds. The van der Waals surface area contributed by atoms with Crippen LogP contribution in [0.5, 0.6) is 0 Å². The summed E-state index contributed by atoms with van der Waals surface area (Å²) in [5.74, 6) is 0.947. The van der Waals surface area contributed by atoms with Crippen molar-refractivity contribution in [3.8, 4) is 0 Å². The molecule has 2 aliphatic heterocycles. The number of likely N-dealkylation sites (tertiary alicyclic amines) is 1. The van der Waals surface area contributed by atoms with Crippen LogP contribution in [0.15, 0.2) is 0 Å². The first-order valence-corrected chi connectivity index (χ1v) is 7.88. The summed E-state index contributed by atoms with van der Waals surface area (Å²) in [5.41, 5.74) is 0. The van der Waals surface area contributed by atoms with Gasteiger partial charge in [0.1, 0.15) is 0 Å². The Hall–Kier alpha value is -1.10. The number of carbonyl (C=O) groups is 2. The molecule has 1 atom stereocenters. The number of hydrogen-bond acceptors (Lipinski definition) is 3. The summed E-state index contributed by atoms with van der Waals surface area (Å²) in [5, 5.41) is 2.97. The lowest BCUT2D eigenvalue weighted by Gasteiger charge is -2.22. The number of amides is 2. The van der Waals surface area contributed by atoms with Crippen LogP contribution in [-0.2, 0) is 14.3 Å². The van der Waals surface area contributed by atoms with Crippen molar-refractivity contribution in [3.05, 3.63) is 0 Å². The summed E-state index contributed by atoms with van der Waals surface area (Å²) in [6, 6.07) is 0. The first kappa shape index (κ1) is 15.3. The van der Waals surface area contributed by atoms with Crippen LogP contribution in [-0.4, -0.2) is 49.6 Å². The molecule has 20 heavy (non-hydrogen) atoms. The van der Waals surface area contributed by atoms with Gasteiger partial charge in [-0.1, -0.05) is 0 Å². The molecule has 0 spiro atoms. The fraction of sp³-hybridized carbons (Fsp3) is 0.867. The van der Waals surface area contributed by atoms with Gasteiger partial charge in [0, 0.05) is 45.7 Å². The summed E-state index contributed by atoms with van der Waals surface area (Å²) in [7, 11) is 0. The minimum Gasteiger partial charge on any atom is -0.381 e. The lowest BCUT2D eigenvalue weighted by atomic mass is 9.99. The summed E-state index contributed by atoms with van der Waals surface area (Å²) in [6.45, 7) is 4.06. The van der Waals surface area contributed by atoms with Gasteiger partial charge in [-0.2, -0.15) is 0 Å². The molecule has 0 unspecified atom stereocenters. The van der Waals surface area contributed by atoms with Crippen molar-refractivity contribution in [2.75, 3.05) is 32.8 Å². The zero-order valence-corrected chi connectivity index (χ0v) is 12.2. The van der Waals surface area contributed by atoms with E-state index < -0.39 is 0 Å². The van der Waals surface area contributed by atoms with Gasteiger partial charge in [0.05, 0.1) is 0 Å². The Bertz CT molecular complexity index is 327. The van der Waals surface area contributed by atoms with E-state index in [4.69, 9.17) is 4.74 Å². The second-order valence-corrected chi connectivity index (χ2v) is 5.81. The van der Waals surface area contributed by atoms with Gasteiger partial charge in [-0.15, -0.1) is 0 Å². The van der Waals surface area contributed by atoms with E-state index >= 15 is 0 Å². The van der Waals surface area contributed by atoms with Gasteiger partial charge < -0.3 is 15.0 Å². The average molecular weight is 282 g/mol. The summed E-state index contributed by atoms with van der Waals surface area (Å²) in [4.78, 5) is 25.0. The molecule has 2 fully saturated rings.